The first kappa shape index (κ1) is 18.4. The van der Waals surface area contributed by atoms with E-state index in [0.717, 1.165) is 16.7 Å². The van der Waals surface area contributed by atoms with Crippen molar-refractivity contribution in [3.05, 3.63) is 107 Å². The Hall–Kier alpha value is -3.40. The molecule has 0 aliphatic carbocycles. The molecule has 0 saturated heterocycles. The molecular formula is C23H22N2O2. The van der Waals surface area contributed by atoms with Crippen LogP contribution >= 0.6 is 0 Å². The van der Waals surface area contributed by atoms with Gasteiger partial charge in [0.2, 0.25) is 11.8 Å². The van der Waals surface area contributed by atoms with E-state index in [1.807, 2.05) is 66.7 Å². The minimum absolute atomic E-state index is 0.00289. The molecule has 3 rings (SSSR count). The van der Waals surface area contributed by atoms with Crippen LogP contribution < -0.4 is 5.73 Å². The van der Waals surface area contributed by atoms with Gasteiger partial charge in [0.25, 0.3) is 0 Å². The van der Waals surface area contributed by atoms with Gasteiger partial charge in [-0.05, 0) is 28.8 Å². The quantitative estimate of drug-likeness (QED) is 0.732. The van der Waals surface area contributed by atoms with Crippen LogP contribution in [0.25, 0.3) is 0 Å². The predicted octanol–water partition coefficient (Wildman–Crippen LogP) is 3.58. The second-order valence-corrected chi connectivity index (χ2v) is 6.51. The van der Waals surface area contributed by atoms with Crippen molar-refractivity contribution >= 4 is 11.8 Å². The van der Waals surface area contributed by atoms with Crippen molar-refractivity contribution in [2.45, 2.75) is 12.5 Å². The Morgan fingerprint density at radius 3 is 1.93 bits per heavy atom. The molecule has 3 aromatic rings. The van der Waals surface area contributed by atoms with E-state index < -0.39 is 5.91 Å². The van der Waals surface area contributed by atoms with Crippen molar-refractivity contribution in [1.82, 2.24) is 4.90 Å². The van der Waals surface area contributed by atoms with Crippen LogP contribution in [0.3, 0.4) is 0 Å². The topological polar surface area (TPSA) is 63.4 Å². The number of amides is 2. The number of rotatable bonds is 6. The number of carbonyl (C=O) groups excluding carboxylic acids is 2. The highest BCUT2D eigenvalue weighted by Gasteiger charge is 2.25. The van der Waals surface area contributed by atoms with E-state index in [1.165, 1.54) is 0 Å². The fourth-order valence-electron chi connectivity index (χ4n) is 3.16. The highest BCUT2D eigenvalue weighted by Crippen LogP contribution is 2.27. The molecule has 0 heterocycles. The normalized spacial score (nSPS) is 10.6. The number of carbonyl (C=O) groups is 2. The highest BCUT2D eigenvalue weighted by atomic mass is 16.2. The summed E-state index contributed by atoms with van der Waals surface area (Å²) in [5, 5.41) is 0. The molecule has 0 aliphatic rings. The van der Waals surface area contributed by atoms with Gasteiger partial charge in [0.15, 0.2) is 0 Å². The maximum atomic E-state index is 13.3. The molecule has 0 unspecified atom stereocenters. The summed E-state index contributed by atoms with van der Waals surface area (Å²) in [4.78, 5) is 26.4. The van der Waals surface area contributed by atoms with E-state index in [9.17, 15) is 9.59 Å². The SMILES string of the molecule is CN(Cc1cccc(C(N)=O)c1)C(=O)C(c1ccccc1)c1ccccc1. The van der Waals surface area contributed by atoms with E-state index in [-0.39, 0.29) is 11.8 Å². The number of likely N-dealkylation sites (N-methyl/N-ethyl adjacent to an activating group) is 1. The molecule has 0 bridgehead atoms. The Kier molecular flexibility index (Phi) is 5.67. The molecule has 0 radical (unpaired) electrons. The third-order valence-corrected chi connectivity index (χ3v) is 4.52. The summed E-state index contributed by atoms with van der Waals surface area (Å²) in [7, 11) is 1.78. The van der Waals surface area contributed by atoms with Crippen LogP contribution in [0.2, 0.25) is 0 Å². The van der Waals surface area contributed by atoms with Crippen LogP contribution in [0.5, 0.6) is 0 Å². The van der Waals surface area contributed by atoms with E-state index in [1.54, 1.807) is 30.1 Å². The maximum absolute atomic E-state index is 13.3. The molecule has 4 heteroatoms. The highest BCUT2D eigenvalue weighted by molar-refractivity contribution is 5.93. The largest absolute Gasteiger partial charge is 0.366 e. The van der Waals surface area contributed by atoms with Crippen molar-refractivity contribution < 1.29 is 9.59 Å². The molecule has 0 saturated carbocycles. The Morgan fingerprint density at radius 1 is 0.852 bits per heavy atom. The van der Waals surface area contributed by atoms with Gasteiger partial charge in [-0.15, -0.1) is 0 Å². The van der Waals surface area contributed by atoms with E-state index >= 15 is 0 Å². The first-order valence-electron chi connectivity index (χ1n) is 8.80. The third-order valence-electron chi connectivity index (χ3n) is 4.52. The summed E-state index contributed by atoms with van der Waals surface area (Å²) < 4.78 is 0. The molecule has 0 fully saturated rings. The standard InChI is InChI=1S/C23H22N2O2/c1-25(16-17-9-8-14-20(15-17)22(24)26)23(27)21(18-10-4-2-5-11-18)19-12-6-3-7-13-19/h2-15,21H,16H2,1H3,(H2,24,26). The Bertz CT molecular complexity index is 884. The molecule has 0 aliphatic heterocycles. The number of nitrogens with two attached hydrogens (primary N) is 1. The van der Waals surface area contributed by atoms with Crippen molar-refractivity contribution in [3.8, 4) is 0 Å². The number of nitrogens with zero attached hydrogens (tertiary/aromatic N) is 1. The summed E-state index contributed by atoms with van der Waals surface area (Å²) in [6.07, 6.45) is 0. The Labute approximate surface area is 159 Å². The van der Waals surface area contributed by atoms with E-state index in [0.29, 0.717) is 12.1 Å². The second-order valence-electron chi connectivity index (χ2n) is 6.51. The van der Waals surface area contributed by atoms with Crippen LogP contribution in [0.4, 0.5) is 0 Å². The van der Waals surface area contributed by atoms with Crippen molar-refractivity contribution in [3.63, 3.8) is 0 Å². The molecule has 136 valence electrons. The van der Waals surface area contributed by atoms with Gasteiger partial charge in [-0.3, -0.25) is 9.59 Å². The third kappa shape index (κ3) is 4.42. The summed E-state index contributed by atoms with van der Waals surface area (Å²) in [6, 6.07) is 26.6. The molecule has 2 amide bonds. The van der Waals surface area contributed by atoms with Crippen LogP contribution in [-0.2, 0) is 11.3 Å². The van der Waals surface area contributed by atoms with E-state index in [4.69, 9.17) is 5.73 Å². The molecule has 0 spiro atoms. The van der Waals surface area contributed by atoms with Gasteiger partial charge in [0.05, 0.1) is 5.92 Å². The van der Waals surface area contributed by atoms with Gasteiger partial charge < -0.3 is 10.6 Å². The molecule has 27 heavy (non-hydrogen) atoms. The van der Waals surface area contributed by atoms with Crippen molar-refractivity contribution in [2.75, 3.05) is 7.05 Å². The Balaban J connectivity index is 1.88. The van der Waals surface area contributed by atoms with Gasteiger partial charge in [0, 0.05) is 19.2 Å². The first-order valence-corrected chi connectivity index (χ1v) is 8.80. The summed E-state index contributed by atoms with van der Waals surface area (Å²) >= 11 is 0. The van der Waals surface area contributed by atoms with E-state index in [2.05, 4.69) is 0 Å². The monoisotopic (exact) mass is 358 g/mol. The zero-order valence-electron chi connectivity index (χ0n) is 15.2. The van der Waals surface area contributed by atoms with Crippen LogP contribution in [0.15, 0.2) is 84.9 Å². The zero-order valence-corrected chi connectivity index (χ0v) is 15.2. The fourth-order valence-corrected chi connectivity index (χ4v) is 3.16. The van der Waals surface area contributed by atoms with Gasteiger partial charge in [-0.25, -0.2) is 0 Å². The minimum Gasteiger partial charge on any atom is -0.366 e. The fraction of sp³-hybridized carbons (Fsp3) is 0.130. The minimum atomic E-state index is -0.475. The first-order chi connectivity index (χ1) is 13.1. The van der Waals surface area contributed by atoms with Crippen molar-refractivity contribution in [1.29, 1.82) is 0 Å². The van der Waals surface area contributed by atoms with Crippen LogP contribution in [0, 0.1) is 0 Å². The maximum Gasteiger partial charge on any atom is 0.248 e. The summed E-state index contributed by atoms with van der Waals surface area (Å²) in [5.74, 6) is -0.856. The van der Waals surface area contributed by atoms with Crippen LogP contribution in [-0.4, -0.2) is 23.8 Å². The molecule has 0 atom stereocenters. The lowest BCUT2D eigenvalue weighted by molar-refractivity contribution is -0.131. The summed E-state index contributed by atoms with van der Waals surface area (Å²) in [6.45, 7) is 0.399. The average Bonchev–Trinajstić information content (AvgIpc) is 2.70. The molecule has 3 aromatic carbocycles. The molecular weight excluding hydrogens is 336 g/mol. The van der Waals surface area contributed by atoms with Crippen LogP contribution in [0.1, 0.15) is 33.0 Å². The number of hydrogen-bond donors (Lipinski definition) is 1. The Morgan fingerprint density at radius 2 is 1.41 bits per heavy atom. The molecule has 0 aromatic heterocycles. The summed E-state index contributed by atoms with van der Waals surface area (Å²) in [5.41, 5.74) is 8.56. The number of benzene rings is 3. The van der Waals surface area contributed by atoms with Gasteiger partial charge in [0.1, 0.15) is 0 Å². The second kappa shape index (κ2) is 8.32. The van der Waals surface area contributed by atoms with Crippen molar-refractivity contribution in [2.24, 2.45) is 5.73 Å². The predicted molar refractivity (Wildman–Crippen MR) is 106 cm³/mol. The average molecular weight is 358 g/mol. The van der Waals surface area contributed by atoms with Gasteiger partial charge >= 0.3 is 0 Å². The van der Waals surface area contributed by atoms with Gasteiger partial charge in [-0.1, -0.05) is 72.8 Å². The number of hydrogen-bond acceptors (Lipinski definition) is 2. The number of primary amides is 1. The lowest BCUT2D eigenvalue weighted by Gasteiger charge is -2.25. The lowest BCUT2D eigenvalue weighted by atomic mass is 9.90. The zero-order chi connectivity index (χ0) is 19.2. The van der Waals surface area contributed by atoms with Gasteiger partial charge in [-0.2, -0.15) is 0 Å². The molecule has 4 nitrogen and oxygen atoms in total. The smallest absolute Gasteiger partial charge is 0.248 e. The molecule has 2 N–H and O–H groups in total. The lowest BCUT2D eigenvalue weighted by Crippen LogP contribution is -2.32.